The fourth-order valence-corrected chi connectivity index (χ4v) is 2.67. The molecule has 0 spiro atoms. The Kier molecular flexibility index (Phi) is 5.66. The van der Waals surface area contributed by atoms with Gasteiger partial charge >= 0.3 is 0 Å². The number of halogens is 2. The first-order valence-corrected chi connectivity index (χ1v) is 7.87. The van der Waals surface area contributed by atoms with E-state index in [4.69, 9.17) is 12.2 Å². The molecule has 5 heteroatoms. The summed E-state index contributed by atoms with van der Waals surface area (Å²) >= 11 is 5.31. The van der Waals surface area contributed by atoms with E-state index in [-0.39, 0.29) is 6.04 Å². The van der Waals surface area contributed by atoms with E-state index < -0.39 is 11.6 Å². The Morgan fingerprint density at radius 1 is 1.04 bits per heavy atom. The minimum Gasteiger partial charge on any atom is -0.355 e. The van der Waals surface area contributed by atoms with Crippen molar-refractivity contribution in [1.29, 1.82) is 0 Å². The van der Waals surface area contributed by atoms with Gasteiger partial charge in [0.2, 0.25) is 0 Å². The predicted octanol–water partition coefficient (Wildman–Crippen LogP) is 4.96. The molecule has 0 radical (unpaired) electrons. The van der Waals surface area contributed by atoms with Gasteiger partial charge in [0.1, 0.15) is 0 Å². The lowest BCUT2D eigenvalue weighted by Crippen LogP contribution is -2.35. The third-order valence-corrected chi connectivity index (χ3v) is 3.87. The van der Waals surface area contributed by atoms with E-state index in [2.05, 4.69) is 43.5 Å². The number of rotatable bonds is 4. The fraction of sp³-hybridized carbons (Fsp3) is 0.278. The van der Waals surface area contributed by atoms with Crippen molar-refractivity contribution in [3.63, 3.8) is 0 Å². The average Bonchev–Trinajstić information content (AvgIpc) is 2.49. The summed E-state index contributed by atoms with van der Waals surface area (Å²) in [6, 6.07) is 11.7. The molecule has 0 fully saturated rings. The van der Waals surface area contributed by atoms with Gasteiger partial charge in [0.15, 0.2) is 16.7 Å². The molecular weight excluding hydrogens is 314 g/mol. The third kappa shape index (κ3) is 4.48. The predicted molar refractivity (Wildman–Crippen MR) is 94.5 cm³/mol. The molecule has 0 aromatic heterocycles. The Labute approximate surface area is 140 Å². The molecule has 0 aliphatic heterocycles. The molecule has 0 saturated heterocycles. The maximum Gasteiger partial charge on any atom is 0.171 e. The molecule has 2 aromatic rings. The number of hydrogen-bond donors (Lipinski definition) is 2. The maximum absolute atomic E-state index is 13.3. The average molecular weight is 334 g/mol. The van der Waals surface area contributed by atoms with E-state index >= 15 is 0 Å². The first-order valence-electron chi connectivity index (χ1n) is 7.46. The molecule has 1 atom stereocenters. The molecule has 0 heterocycles. The monoisotopic (exact) mass is 334 g/mol. The van der Waals surface area contributed by atoms with Crippen LogP contribution in [-0.4, -0.2) is 5.11 Å². The fourth-order valence-electron chi connectivity index (χ4n) is 2.42. The van der Waals surface area contributed by atoms with Gasteiger partial charge in [0.25, 0.3) is 0 Å². The van der Waals surface area contributed by atoms with Crippen molar-refractivity contribution in [3.8, 4) is 0 Å². The standard InChI is InChI=1S/C18H20F2N2S/c1-11(2)17(14-7-5-4-6-12(14)3)22-18(23)21-13-8-9-15(19)16(20)10-13/h4-11,17H,1-3H3,(H2,21,22,23). The van der Waals surface area contributed by atoms with Gasteiger partial charge < -0.3 is 10.6 Å². The molecule has 2 nitrogen and oxygen atoms in total. The number of nitrogens with one attached hydrogen (secondary N) is 2. The van der Waals surface area contributed by atoms with Crippen LogP contribution in [0.5, 0.6) is 0 Å². The second-order valence-electron chi connectivity index (χ2n) is 5.81. The molecule has 122 valence electrons. The Morgan fingerprint density at radius 3 is 2.35 bits per heavy atom. The van der Waals surface area contributed by atoms with E-state index in [1.807, 2.05) is 12.1 Å². The van der Waals surface area contributed by atoms with E-state index in [0.717, 1.165) is 17.7 Å². The van der Waals surface area contributed by atoms with Gasteiger partial charge in [-0.2, -0.15) is 0 Å². The van der Waals surface area contributed by atoms with Gasteiger partial charge in [-0.15, -0.1) is 0 Å². The van der Waals surface area contributed by atoms with Crippen molar-refractivity contribution in [2.24, 2.45) is 5.92 Å². The summed E-state index contributed by atoms with van der Waals surface area (Å²) < 4.78 is 26.2. The summed E-state index contributed by atoms with van der Waals surface area (Å²) in [6.45, 7) is 6.26. The summed E-state index contributed by atoms with van der Waals surface area (Å²) in [7, 11) is 0. The van der Waals surface area contributed by atoms with Gasteiger partial charge in [-0.3, -0.25) is 0 Å². The van der Waals surface area contributed by atoms with Crippen LogP contribution in [0.25, 0.3) is 0 Å². The Bertz CT molecular complexity index is 701. The smallest absolute Gasteiger partial charge is 0.171 e. The zero-order valence-corrected chi connectivity index (χ0v) is 14.2. The molecule has 0 aliphatic rings. The van der Waals surface area contributed by atoms with Crippen molar-refractivity contribution in [2.75, 3.05) is 5.32 Å². The van der Waals surface area contributed by atoms with Crippen molar-refractivity contribution in [1.82, 2.24) is 5.32 Å². The first-order chi connectivity index (χ1) is 10.9. The van der Waals surface area contributed by atoms with Crippen LogP contribution in [-0.2, 0) is 0 Å². The molecule has 0 saturated carbocycles. The number of aryl methyl sites for hydroxylation is 1. The number of hydrogen-bond acceptors (Lipinski definition) is 1. The van der Waals surface area contributed by atoms with Crippen LogP contribution in [0.4, 0.5) is 14.5 Å². The van der Waals surface area contributed by atoms with Crippen molar-refractivity contribution >= 4 is 23.0 Å². The minimum atomic E-state index is -0.905. The van der Waals surface area contributed by atoms with Crippen LogP contribution in [0, 0.1) is 24.5 Å². The lowest BCUT2D eigenvalue weighted by Gasteiger charge is -2.26. The zero-order valence-electron chi connectivity index (χ0n) is 13.4. The zero-order chi connectivity index (χ0) is 17.0. The van der Waals surface area contributed by atoms with Crippen LogP contribution in [0.15, 0.2) is 42.5 Å². The van der Waals surface area contributed by atoms with Gasteiger partial charge in [0.05, 0.1) is 6.04 Å². The summed E-state index contributed by atoms with van der Waals surface area (Å²) in [5, 5.41) is 6.53. The van der Waals surface area contributed by atoms with Crippen LogP contribution in [0.3, 0.4) is 0 Å². The second kappa shape index (κ2) is 7.51. The van der Waals surface area contributed by atoms with Crippen LogP contribution in [0.2, 0.25) is 0 Å². The minimum absolute atomic E-state index is 0.0292. The Hall–Kier alpha value is -2.01. The summed E-state index contributed by atoms with van der Waals surface area (Å²) in [5.41, 5.74) is 2.75. The lowest BCUT2D eigenvalue weighted by molar-refractivity contribution is 0.471. The molecule has 0 aliphatic carbocycles. The van der Waals surface area contributed by atoms with Gasteiger partial charge in [0, 0.05) is 11.8 Å². The number of benzene rings is 2. The molecule has 0 amide bonds. The molecule has 2 aromatic carbocycles. The third-order valence-electron chi connectivity index (χ3n) is 3.65. The topological polar surface area (TPSA) is 24.1 Å². The SMILES string of the molecule is Cc1ccccc1C(NC(=S)Nc1ccc(F)c(F)c1)C(C)C. The molecule has 23 heavy (non-hydrogen) atoms. The second-order valence-corrected chi connectivity index (χ2v) is 6.21. The molecule has 0 bridgehead atoms. The number of thiocarbonyl (C=S) groups is 1. The highest BCUT2D eigenvalue weighted by molar-refractivity contribution is 7.80. The highest BCUT2D eigenvalue weighted by Gasteiger charge is 2.18. The highest BCUT2D eigenvalue weighted by Crippen LogP contribution is 2.24. The van der Waals surface area contributed by atoms with Crippen molar-refractivity contribution in [3.05, 3.63) is 65.2 Å². The Morgan fingerprint density at radius 2 is 1.74 bits per heavy atom. The summed E-state index contributed by atoms with van der Waals surface area (Å²) in [5.74, 6) is -1.48. The highest BCUT2D eigenvalue weighted by atomic mass is 32.1. The van der Waals surface area contributed by atoms with E-state index in [1.54, 1.807) is 0 Å². The summed E-state index contributed by atoms with van der Waals surface area (Å²) in [4.78, 5) is 0. The van der Waals surface area contributed by atoms with Gasteiger partial charge in [-0.05, 0) is 48.3 Å². The molecule has 2 N–H and O–H groups in total. The van der Waals surface area contributed by atoms with Crippen LogP contribution in [0.1, 0.15) is 31.0 Å². The van der Waals surface area contributed by atoms with Gasteiger partial charge in [-0.1, -0.05) is 38.1 Å². The van der Waals surface area contributed by atoms with E-state index in [9.17, 15) is 8.78 Å². The van der Waals surface area contributed by atoms with Crippen molar-refractivity contribution in [2.45, 2.75) is 26.8 Å². The molecule has 2 rings (SSSR count). The van der Waals surface area contributed by atoms with Crippen molar-refractivity contribution < 1.29 is 8.78 Å². The normalized spacial score (nSPS) is 12.1. The molecule has 1 unspecified atom stereocenters. The first kappa shape index (κ1) is 17.3. The van der Waals surface area contributed by atoms with E-state index in [1.165, 1.54) is 11.6 Å². The van der Waals surface area contributed by atoms with Gasteiger partial charge in [-0.25, -0.2) is 8.78 Å². The lowest BCUT2D eigenvalue weighted by atomic mass is 9.93. The van der Waals surface area contributed by atoms with E-state index in [0.29, 0.717) is 16.7 Å². The van der Waals surface area contributed by atoms with Crippen LogP contribution < -0.4 is 10.6 Å². The number of anilines is 1. The largest absolute Gasteiger partial charge is 0.355 e. The summed E-state index contributed by atoms with van der Waals surface area (Å²) in [6.07, 6.45) is 0. The maximum atomic E-state index is 13.3. The van der Waals surface area contributed by atoms with Crippen LogP contribution >= 0.6 is 12.2 Å². The molecular formula is C18H20F2N2S. The Balaban J connectivity index is 2.12. The quantitative estimate of drug-likeness (QED) is 0.773.